The summed E-state index contributed by atoms with van der Waals surface area (Å²) in [7, 11) is 1.53. The predicted octanol–water partition coefficient (Wildman–Crippen LogP) is 4.90. The molecule has 0 saturated heterocycles. The van der Waals surface area contributed by atoms with Crippen LogP contribution in [0.4, 0.5) is 31.9 Å². The number of ether oxygens (including phenoxy) is 1. The fourth-order valence-electron chi connectivity index (χ4n) is 2.08. The van der Waals surface area contributed by atoms with Gasteiger partial charge in [-0.1, -0.05) is 11.6 Å². The van der Waals surface area contributed by atoms with Gasteiger partial charge in [0, 0.05) is 23.6 Å². The number of hydrogen-bond acceptors (Lipinski definition) is 5. The minimum Gasteiger partial charge on any atom is -0.495 e. The Kier molecular flexibility index (Phi) is 4.95. The molecule has 0 radical (unpaired) electrons. The van der Waals surface area contributed by atoms with Gasteiger partial charge >= 0.3 is 0 Å². The maximum atomic E-state index is 13.3. The molecule has 0 saturated carbocycles. The van der Waals surface area contributed by atoms with Gasteiger partial charge in [0.1, 0.15) is 11.6 Å². The second kappa shape index (κ2) is 7.31. The maximum Gasteiger partial charge on any atom is 0.229 e. The van der Waals surface area contributed by atoms with Gasteiger partial charge in [-0.25, -0.2) is 13.8 Å². The number of hydrogen-bond donors (Lipinski definition) is 2. The topological polar surface area (TPSA) is 59.1 Å². The predicted molar refractivity (Wildman–Crippen MR) is 93.0 cm³/mol. The summed E-state index contributed by atoms with van der Waals surface area (Å²) in [6.45, 7) is 0. The molecule has 3 aromatic rings. The largest absolute Gasteiger partial charge is 0.495 e. The monoisotopic (exact) mass is 362 g/mol. The molecule has 2 N–H and O–H groups in total. The minimum absolute atomic E-state index is 0.314. The van der Waals surface area contributed by atoms with Crippen LogP contribution in [0, 0.1) is 11.6 Å². The molecule has 25 heavy (non-hydrogen) atoms. The zero-order valence-corrected chi connectivity index (χ0v) is 13.8. The summed E-state index contributed by atoms with van der Waals surface area (Å²) in [5, 5.41) is 6.34. The Bertz CT molecular complexity index is 908. The summed E-state index contributed by atoms with van der Waals surface area (Å²) in [6.07, 6.45) is 1.53. The molecule has 0 unspecified atom stereocenters. The standard InChI is InChI=1S/C17H13ClF2N4O/c1-25-15-5-3-10(8-12(15)18)23-17-21-7-6-16(24-17)22-11-2-4-13(19)14(20)9-11/h2-9H,1H3,(H2,21,22,23,24). The van der Waals surface area contributed by atoms with Crippen LogP contribution in [0.25, 0.3) is 0 Å². The molecule has 1 heterocycles. The lowest BCUT2D eigenvalue weighted by Crippen LogP contribution is -2.01. The van der Waals surface area contributed by atoms with Crippen molar-refractivity contribution in [1.82, 2.24) is 9.97 Å². The Morgan fingerprint density at radius 3 is 2.44 bits per heavy atom. The molecule has 3 rings (SSSR count). The second-order valence-electron chi connectivity index (χ2n) is 4.99. The first kappa shape index (κ1) is 16.9. The van der Waals surface area contributed by atoms with Crippen molar-refractivity contribution in [3.05, 3.63) is 65.3 Å². The van der Waals surface area contributed by atoms with E-state index in [2.05, 4.69) is 20.6 Å². The number of nitrogens with zero attached hydrogens (tertiary/aromatic N) is 2. The number of benzene rings is 2. The SMILES string of the molecule is COc1ccc(Nc2nccc(Nc3ccc(F)c(F)c3)n2)cc1Cl. The van der Waals surface area contributed by atoms with Crippen molar-refractivity contribution in [2.24, 2.45) is 0 Å². The van der Waals surface area contributed by atoms with Crippen LogP contribution < -0.4 is 15.4 Å². The molecule has 0 atom stereocenters. The molecular weight excluding hydrogens is 350 g/mol. The summed E-state index contributed by atoms with van der Waals surface area (Å²) in [4.78, 5) is 8.37. The highest BCUT2D eigenvalue weighted by atomic mass is 35.5. The van der Waals surface area contributed by atoms with E-state index in [0.717, 1.165) is 12.1 Å². The molecule has 8 heteroatoms. The first-order valence-electron chi connectivity index (χ1n) is 7.21. The first-order valence-corrected chi connectivity index (χ1v) is 7.58. The van der Waals surface area contributed by atoms with Crippen LogP contribution in [0.3, 0.4) is 0 Å². The van der Waals surface area contributed by atoms with Crippen LogP contribution in [-0.4, -0.2) is 17.1 Å². The number of methoxy groups -OCH3 is 1. The molecule has 0 bridgehead atoms. The minimum atomic E-state index is -0.940. The quantitative estimate of drug-likeness (QED) is 0.675. The van der Waals surface area contributed by atoms with Crippen LogP contribution in [0.2, 0.25) is 5.02 Å². The Morgan fingerprint density at radius 1 is 0.960 bits per heavy atom. The Morgan fingerprint density at radius 2 is 1.72 bits per heavy atom. The van der Waals surface area contributed by atoms with Crippen molar-refractivity contribution < 1.29 is 13.5 Å². The van der Waals surface area contributed by atoms with E-state index in [9.17, 15) is 8.78 Å². The van der Waals surface area contributed by atoms with Gasteiger partial charge < -0.3 is 15.4 Å². The molecule has 5 nitrogen and oxygen atoms in total. The fraction of sp³-hybridized carbons (Fsp3) is 0.0588. The summed E-state index contributed by atoms with van der Waals surface area (Å²) >= 11 is 6.08. The van der Waals surface area contributed by atoms with Crippen molar-refractivity contribution in [3.8, 4) is 5.75 Å². The molecule has 0 aliphatic carbocycles. The van der Waals surface area contributed by atoms with E-state index in [4.69, 9.17) is 16.3 Å². The summed E-state index contributed by atoms with van der Waals surface area (Å²) in [5.74, 6) is -0.559. The van der Waals surface area contributed by atoms with Gasteiger partial charge in [0.25, 0.3) is 0 Å². The average molecular weight is 363 g/mol. The molecule has 1 aromatic heterocycles. The highest BCUT2D eigenvalue weighted by Crippen LogP contribution is 2.28. The third kappa shape index (κ3) is 4.13. The van der Waals surface area contributed by atoms with Gasteiger partial charge in [-0.2, -0.15) is 4.98 Å². The lowest BCUT2D eigenvalue weighted by Gasteiger charge is -2.10. The van der Waals surface area contributed by atoms with E-state index in [-0.39, 0.29) is 0 Å². The van der Waals surface area contributed by atoms with E-state index in [0.29, 0.717) is 33.9 Å². The molecule has 0 amide bonds. The van der Waals surface area contributed by atoms with Crippen LogP contribution in [0.15, 0.2) is 48.7 Å². The molecule has 0 fully saturated rings. The molecular formula is C17H13ClF2N4O. The van der Waals surface area contributed by atoms with Crippen molar-refractivity contribution >= 4 is 34.7 Å². The van der Waals surface area contributed by atoms with E-state index >= 15 is 0 Å². The van der Waals surface area contributed by atoms with Crippen molar-refractivity contribution in [3.63, 3.8) is 0 Å². The normalized spacial score (nSPS) is 10.4. The number of nitrogens with one attached hydrogen (secondary N) is 2. The Balaban J connectivity index is 1.77. The number of aromatic nitrogens is 2. The van der Waals surface area contributed by atoms with Crippen LogP contribution in [0.5, 0.6) is 5.75 Å². The average Bonchev–Trinajstić information content (AvgIpc) is 2.59. The van der Waals surface area contributed by atoms with Gasteiger partial charge in [-0.15, -0.1) is 0 Å². The third-order valence-electron chi connectivity index (χ3n) is 3.26. The lowest BCUT2D eigenvalue weighted by molar-refractivity contribution is 0.415. The lowest BCUT2D eigenvalue weighted by atomic mass is 10.3. The van der Waals surface area contributed by atoms with E-state index in [1.54, 1.807) is 24.3 Å². The zero-order chi connectivity index (χ0) is 17.8. The summed E-state index contributed by atoms with van der Waals surface area (Å²) in [5.41, 5.74) is 1.05. The van der Waals surface area contributed by atoms with Crippen molar-refractivity contribution in [2.75, 3.05) is 17.7 Å². The Labute approximate surface area is 147 Å². The molecule has 0 aliphatic heterocycles. The van der Waals surface area contributed by atoms with Gasteiger partial charge in [0.05, 0.1) is 12.1 Å². The molecule has 128 valence electrons. The number of rotatable bonds is 5. The van der Waals surface area contributed by atoms with Crippen LogP contribution >= 0.6 is 11.6 Å². The van der Waals surface area contributed by atoms with Gasteiger partial charge in [0.2, 0.25) is 5.95 Å². The maximum absolute atomic E-state index is 13.3. The fourth-order valence-corrected chi connectivity index (χ4v) is 2.34. The van der Waals surface area contributed by atoms with E-state index in [1.165, 1.54) is 19.4 Å². The first-order chi connectivity index (χ1) is 12.0. The summed E-state index contributed by atoms with van der Waals surface area (Å²) in [6, 6.07) is 10.3. The Hall–Kier alpha value is -2.93. The highest BCUT2D eigenvalue weighted by molar-refractivity contribution is 6.32. The van der Waals surface area contributed by atoms with Crippen molar-refractivity contribution in [2.45, 2.75) is 0 Å². The van der Waals surface area contributed by atoms with Crippen molar-refractivity contribution in [1.29, 1.82) is 0 Å². The van der Waals surface area contributed by atoms with Gasteiger partial charge in [-0.3, -0.25) is 0 Å². The molecule has 2 aromatic carbocycles. The summed E-state index contributed by atoms with van der Waals surface area (Å²) < 4.78 is 31.3. The molecule has 0 aliphatic rings. The van der Waals surface area contributed by atoms with Gasteiger partial charge in [0.15, 0.2) is 11.6 Å². The second-order valence-corrected chi connectivity index (χ2v) is 5.40. The number of halogens is 3. The zero-order valence-electron chi connectivity index (χ0n) is 13.1. The third-order valence-corrected chi connectivity index (χ3v) is 3.55. The van der Waals surface area contributed by atoms with Crippen LogP contribution in [0.1, 0.15) is 0 Å². The van der Waals surface area contributed by atoms with Crippen LogP contribution in [-0.2, 0) is 0 Å². The highest BCUT2D eigenvalue weighted by Gasteiger charge is 2.06. The number of anilines is 4. The van der Waals surface area contributed by atoms with E-state index < -0.39 is 11.6 Å². The van der Waals surface area contributed by atoms with Gasteiger partial charge in [-0.05, 0) is 36.4 Å². The van der Waals surface area contributed by atoms with E-state index in [1.807, 2.05) is 0 Å². The smallest absolute Gasteiger partial charge is 0.229 e. The molecule has 0 spiro atoms.